The number of benzene rings is 1. The fraction of sp³-hybridized carbons (Fsp3) is 0.417. The van der Waals surface area contributed by atoms with Crippen molar-refractivity contribution >= 4 is 45.0 Å². The van der Waals surface area contributed by atoms with Gasteiger partial charge in [-0.2, -0.15) is 0 Å². The third kappa shape index (κ3) is 3.77. The van der Waals surface area contributed by atoms with Crippen molar-refractivity contribution in [2.24, 2.45) is 0 Å². The minimum Gasteiger partial charge on any atom is -0.496 e. The van der Waals surface area contributed by atoms with Crippen molar-refractivity contribution in [1.29, 1.82) is 0 Å². The van der Waals surface area contributed by atoms with Crippen molar-refractivity contribution in [3.8, 4) is 5.75 Å². The molecule has 0 aliphatic rings. The van der Waals surface area contributed by atoms with Crippen LogP contribution in [0, 0.1) is 0 Å². The Morgan fingerprint density at radius 3 is 2.56 bits per heavy atom. The first-order chi connectivity index (χ1) is 8.45. The second-order valence-corrected chi connectivity index (χ2v) is 5.58. The molecule has 0 saturated heterocycles. The standard InChI is InChI=1S/C12H14BrCl2NO2/c1-12(6-14,7-15)16-11(17)9-4-3-8(13)5-10(9)18-2/h3-5H,6-7H2,1-2H3,(H,16,17). The molecule has 1 amide bonds. The first-order valence-electron chi connectivity index (χ1n) is 5.24. The Hall–Kier alpha value is -0.450. The lowest BCUT2D eigenvalue weighted by molar-refractivity contribution is 0.0918. The first-order valence-corrected chi connectivity index (χ1v) is 7.10. The lowest BCUT2D eigenvalue weighted by Crippen LogP contribution is -2.49. The molecule has 1 N–H and O–H groups in total. The summed E-state index contributed by atoms with van der Waals surface area (Å²) in [5, 5.41) is 2.81. The SMILES string of the molecule is COc1cc(Br)ccc1C(=O)NC(C)(CCl)CCl. The van der Waals surface area contributed by atoms with Crippen LogP contribution in [0.5, 0.6) is 5.75 Å². The van der Waals surface area contributed by atoms with Gasteiger partial charge in [-0.3, -0.25) is 4.79 Å². The number of carbonyl (C=O) groups is 1. The Balaban J connectivity index is 2.97. The molecule has 0 spiro atoms. The summed E-state index contributed by atoms with van der Waals surface area (Å²) in [6.45, 7) is 1.79. The van der Waals surface area contributed by atoms with Crippen LogP contribution in [0.2, 0.25) is 0 Å². The topological polar surface area (TPSA) is 38.3 Å². The zero-order valence-electron chi connectivity index (χ0n) is 10.1. The van der Waals surface area contributed by atoms with E-state index >= 15 is 0 Å². The molecule has 18 heavy (non-hydrogen) atoms. The van der Waals surface area contributed by atoms with E-state index in [-0.39, 0.29) is 17.7 Å². The van der Waals surface area contributed by atoms with Crippen molar-refractivity contribution in [1.82, 2.24) is 5.32 Å². The maximum atomic E-state index is 12.1. The summed E-state index contributed by atoms with van der Waals surface area (Å²) < 4.78 is 6.01. The summed E-state index contributed by atoms with van der Waals surface area (Å²) in [4.78, 5) is 12.1. The third-order valence-corrected chi connectivity index (χ3v) is 4.09. The Kier molecular flexibility index (Phi) is 5.76. The number of amides is 1. The lowest BCUT2D eigenvalue weighted by Gasteiger charge is -2.26. The highest BCUT2D eigenvalue weighted by Gasteiger charge is 2.26. The highest BCUT2D eigenvalue weighted by atomic mass is 79.9. The van der Waals surface area contributed by atoms with Crippen LogP contribution < -0.4 is 10.1 Å². The van der Waals surface area contributed by atoms with Crippen molar-refractivity contribution < 1.29 is 9.53 Å². The highest BCUT2D eigenvalue weighted by Crippen LogP contribution is 2.24. The van der Waals surface area contributed by atoms with Gasteiger partial charge in [-0.05, 0) is 25.1 Å². The second kappa shape index (κ2) is 6.64. The zero-order chi connectivity index (χ0) is 13.8. The van der Waals surface area contributed by atoms with Crippen LogP contribution >= 0.6 is 39.1 Å². The normalized spacial score (nSPS) is 11.2. The molecular formula is C12H14BrCl2NO2. The molecule has 6 heteroatoms. The van der Waals surface area contributed by atoms with Crippen molar-refractivity contribution in [2.75, 3.05) is 18.9 Å². The van der Waals surface area contributed by atoms with Gasteiger partial charge in [0.2, 0.25) is 0 Å². The number of hydrogen-bond donors (Lipinski definition) is 1. The number of halogens is 3. The summed E-state index contributed by atoms with van der Waals surface area (Å²) in [6.07, 6.45) is 0. The van der Waals surface area contributed by atoms with Gasteiger partial charge in [0.05, 0.1) is 18.2 Å². The van der Waals surface area contributed by atoms with Gasteiger partial charge < -0.3 is 10.1 Å². The third-order valence-electron chi connectivity index (χ3n) is 2.41. The number of carbonyl (C=O) groups excluding carboxylic acids is 1. The van der Waals surface area contributed by atoms with Crippen LogP contribution in [0.4, 0.5) is 0 Å². The van der Waals surface area contributed by atoms with E-state index in [1.165, 1.54) is 7.11 Å². The Bertz CT molecular complexity index is 436. The number of rotatable bonds is 5. The molecule has 0 radical (unpaired) electrons. The van der Waals surface area contributed by atoms with Gasteiger partial charge in [0.1, 0.15) is 5.75 Å². The van der Waals surface area contributed by atoms with E-state index in [4.69, 9.17) is 27.9 Å². The molecule has 0 atom stereocenters. The summed E-state index contributed by atoms with van der Waals surface area (Å²) in [7, 11) is 1.51. The van der Waals surface area contributed by atoms with E-state index in [1.807, 2.05) is 0 Å². The van der Waals surface area contributed by atoms with Gasteiger partial charge in [0.15, 0.2) is 0 Å². The smallest absolute Gasteiger partial charge is 0.255 e. The Labute approximate surface area is 125 Å². The Morgan fingerprint density at radius 2 is 2.06 bits per heavy atom. The van der Waals surface area contributed by atoms with Gasteiger partial charge in [-0.25, -0.2) is 0 Å². The lowest BCUT2D eigenvalue weighted by atomic mass is 10.1. The minimum atomic E-state index is -0.641. The number of methoxy groups -OCH3 is 1. The van der Waals surface area contributed by atoms with Crippen LogP contribution in [0.25, 0.3) is 0 Å². The molecule has 0 aromatic heterocycles. The summed E-state index contributed by atoms with van der Waals surface area (Å²) in [6, 6.07) is 5.19. The van der Waals surface area contributed by atoms with E-state index in [9.17, 15) is 4.79 Å². The maximum Gasteiger partial charge on any atom is 0.255 e. The molecule has 0 aliphatic heterocycles. The average Bonchev–Trinajstić information content (AvgIpc) is 2.38. The van der Waals surface area contributed by atoms with E-state index in [0.29, 0.717) is 11.3 Å². The van der Waals surface area contributed by atoms with Crippen molar-refractivity contribution in [3.05, 3.63) is 28.2 Å². The molecule has 0 aliphatic carbocycles. The maximum absolute atomic E-state index is 12.1. The minimum absolute atomic E-state index is 0.237. The predicted molar refractivity (Wildman–Crippen MR) is 78.0 cm³/mol. The van der Waals surface area contributed by atoms with Gasteiger partial charge >= 0.3 is 0 Å². The monoisotopic (exact) mass is 353 g/mol. The Morgan fingerprint density at radius 1 is 1.44 bits per heavy atom. The van der Waals surface area contributed by atoms with Crippen LogP contribution in [0.1, 0.15) is 17.3 Å². The van der Waals surface area contributed by atoms with Gasteiger partial charge in [0.25, 0.3) is 5.91 Å². The highest BCUT2D eigenvalue weighted by molar-refractivity contribution is 9.10. The summed E-state index contributed by atoms with van der Waals surface area (Å²) in [5.41, 5.74) is -0.194. The molecule has 100 valence electrons. The fourth-order valence-corrected chi connectivity index (χ4v) is 2.06. The van der Waals surface area contributed by atoms with E-state index in [1.54, 1.807) is 25.1 Å². The summed E-state index contributed by atoms with van der Waals surface area (Å²) >= 11 is 14.9. The molecule has 3 nitrogen and oxygen atoms in total. The van der Waals surface area contributed by atoms with E-state index < -0.39 is 5.54 Å². The van der Waals surface area contributed by atoms with E-state index in [0.717, 1.165) is 4.47 Å². The molecule has 0 bridgehead atoms. The number of alkyl halides is 2. The quantitative estimate of drug-likeness (QED) is 0.822. The molecule has 0 unspecified atom stereocenters. The van der Waals surface area contributed by atoms with Crippen molar-refractivity contribution in [3.63, 3.8) is 0 Å². The molecule has 1 rings (SSSR count). The first kappa shape index (κ1) is 15.6. The van der Waals surface area contributed by atoms with Gasteiger partial charge in [-0.15, -0.1) is 23.2 Å². The fourth-order valence-electron chi connectivity index (χ4n) is 1.30. The van der Waals surface area contributed by atoms with Gasteiger partial charge in [-0.1, -0.05) is 15.9 Å². The largest absolute Gasteiger partial charge is 0.496 e. The molecule has 0 fully saturated rings. The number of ether oxygens (including phenoxy) is 1. The van der Waals surface area contributed by atoms with Crippen LogP contribution in [0.15, 0.2) is 22.7 Å². The molecule has 0 saturated carbocycles. The number of hydrogen-bond acceptors (Lipinski definition) is 2. The molecule has 1 aromatic carbocycles. The predicted octanol–water partition coefficient (Wildman–Crippen LogP) is 3.42. The molecular weight excluding hydrogens is 341 g/mol. The van der Waals surface area contributed by atoms with E-state index in [2.05, 4.69) is 21.2 Å². The van der Waals surface area contributed by atoms with Crippen LogP contribution in [-0.4, -0.2) is 30.3 Å². The van der Waals surface area contributed by atoms with Crippen LogP contribution in [0.3, 0.4) is 0 Å². The van der Waals surface area contributed by atoms with Crippen LogP contribution in [-0.2, 0) is 0 Å². The van der Waals surface area contributed by atoms with Crippen molar-refractivity contribution in [2.45, 2.75) is 12.5 Å². The van der Waals surface area contributed by atoms with Gasteiger partial charge in [0, 0.05) is 16.2 Å². The molecule has 1 aromatic rings. The number of nitrogens with one attached hydrogen (secondary N) is 1. The summed E-state index contributed by atoms with van der Waals surface area (Å²) in [5.74, 6) is 0.707. The average molecular weight is 355 g/mol. The molecule has 0 heterocycles. The second-order valence-electron chi connectivity index (χ2n) is 4.13. The zero-order valence-corrected chi connectivity index (χ0v) is 13.2.